The second-order valence-electron chi connectivity index (χ2n) is 6.94. The molecular weight excluding hydrogens is 374 g/mol. The maximum Gasteiger partial charge on any atom is 0.234 e. The normalized spacial score (nSPS) is 10.8. The van der Waals surface area contributed by atoms with E-state index in [1.54, 1.807) is 6.20 Å². The predicted octanol–water partition coefficient (Wildman–Crippen LogP) is 5.33. The Morgan fingerprint density at radius 3 is 2.63 bits per heavy atom. The second-order valence-corrected chi connectivity index (χ2v) is 6.94. The fourth-order valence-electron chi connectivity index (χ4n) is 3.52. The average Bonchev–Trinajstić information content (AvgIpc) is 2.78. The minimum Gasteiger partial charge on any atom is -0.477 e. The largest absolute Gasteiger partial charge is 0.477 e. The third-order valence-electron chi connectivity index (χ3n) is 4.94. The molecule has 0 atom stereocenters. The molecular formula is C24H23N5O. The summed E-state index contributed by atoms with van der Waals surface area (Å²) in [6.07, 6.45) is 3.92. The van der Waals surface area contributed by atoms with Crippen molar-refractivity contribution in [3.8, 4) is 23.1 Å². The molecule has 0 saturated carbocycles. The molecule has 6 heteroatoms. The van der Waals surface area contributed by atoms with Crippen molar-refractivity contribution in [3.05, 3.63) is 54.2 Å². The van der Waals surface area contributed by atoms with Crippen molar-refractivity contribution >= 4 is 27.8 Å². The fourth-order valence-corrected chi connectivity index (χ4v) is 3.52. The molecule has 3 aromatic heterocycles. The lowest BCUT2D eigenvalue weighted by Crippen LogP contribution is -2.05. The van der Waals surface area contributed by atoms with Gasteiger partial charge >= 0.3 is 0 Å². The molecule has 0 radical (unpaired) electrons. The van der Waals surface area contributed by atoms with Crippen LogP contribution >= 0.6 is 0 Å². The molecule has 1 N–H and O–H groups in total. The highest BCUT2D eigenvalue weighted by molar-refractivity contribution is 6.04. The van der Waals surface area contributed by atoms with Gasteiger partial charge in [0, 0.05) is 29.1 Å². The summed E-state index contributed by atoms with van der Waals surface area (Å²) in [6, 6.07) is 16.0. The highest BCUT2D eigenvalue weighted by Crippen LogP contribution is 2.37. The molecule has 0 aliphatic heterocycles. The van der Waals surface area contributed by atoms with E-state index in [-0.39, 0.29) is 0 Å². The number of anilines is 1. The van der Waals surface area contributed by atoms with Crippen LogP contribution in [0.15, 0.2) is 48.7 Å². The van der Waals surface area contributed by atoms with Crippen molar-refractivity contribution in [2.75, 3.05) is 18.5 Å². The summed E-state index contributed by atoms with van der Waals surface area (Å²) in [6.45, 7) is 5.30. The van der Waals surface area contributed by atoms with Gasteiger partial charge in [-0.25, -0.2) is 9.97 Å². The summed E-state index contributed by atoms with van der Waals surface area (Å²) in [7, 11) is 0. The number of unbranched alkanes of at least 4 members (excludes halogenated alkanes) is 1. The van der Waals surface area contributed by atoms with Gasteiger partial charge in [0.25, 0.3) is 0 Å². The summed E-state index contributed by atoms with van der Waals surface area (Å²) in [4.78, 5) is 13.9. The van der Waals surface area contributed by atoms with Gasteiger partial charge in [0.1, 0.15) is 17.5 Å². The Morgan fingerprint density at radius 1 is 1.07 bits per heavy atom. The quantitative estimate of drug-likeness (QED) is 0.335. The number of rotatable bonds is 7. The first-order chi connectivity index (χ1) is 14.8. The standard InChI is InChI=1S/C24H23N5O/c1-3-5-12-26-22-17-14-18-21(16-9-7-6-8-10-16)19(15-25)24(30-4-2)29-23(18)28-20(17)11-13-27-22/h6-11,13-14H,3-5,12H2,1-2H3,(H,26,27). The zero-order valence-electron chi connectivity index (χ0n) is 17.1. The molecule has 0 unspecified atom stereocenters. The number of hydrogen-bond donors (Lipinski definition) is 1. The van der Waals surface area contributed by atoms with Crippen LogP contribution in [0.4, 0.5) is 5.82 Å². The van der Waals surface area contributed by atoms with E-state index in [1.807, 2.05) is 49.4 Å². The van der Waals surface area contributed by atoms with E-state index in [9.17, 15) is 5.26 Å². The van der Waals surface area contributed by atoms with Gasteiger partial charge in [-0.2, -0.15) is 10.2 Å². The monoisotopic (exact) mass is 397 g/mol. The maximum absolute atomic E-state index is 9.94. The molecule has 0 aliphatic rings. The Hall–Kier alpha value is -3.72. The van der Waals surface area contributed by atoms with Crippen LogP contribution in [0.3, 0.4) is 0 Å². The molecule has 30 heavy (non-hydrogen) atoms. The van der Waals surface area contributed by atoms with E-state index < -0.39 is 0 Å². The molecule has 4 aromatic rings. The smallest absolute Gasteiger partial charge is 0.234 e. The number of nitriles is 1. The van der Waals surface area contributed by atoms with E-state index in [4.69, 9.17) is 9.72 Å². The summed E-state index contributed by atoms with van der Waals surface area (Å²) in [5, 5.41) is 15.1. The first kappa shape index (κ1) is 19.6. The topological polar surface area (TPSA) is 83.7 Å². The molecule has 6 nitrogen and oxygen atoms in total. The van der Waals surface area contributed by atoms with Gasteiger partial charge < -0.3 is 10.1 Å². The first-order valence-corrected chi connectivity index (χ1v) is 10.2. The number of pyridine rings is 3. The molecule has 0 amide bonds. The van der Waals surface area contributed by atoms with Gasteiger partial charge in [-0.05, 0) is 31.0 Å². The van der Waals surface area contributed by atoms with E-state index in [0.29, 0.717) is 23.7 Å². The number of benzene rings is 1. The van der Waals surface area contributed by atoms with Crippen LogP contribution in [0, 0.1) is 11.3 Å². The Kier molecular flexibility index (Phi) is 5.71. The van der Waals surface area contributed by atoms with E-state index >= 15 is 0 Å². The molecule has 150 valence electrons. The summed E-state index contributed by atoms with van der Waals surface area (Å²) in [5.74, 6) is 1.11. The number of ether oxygens (including phenoxy) is 1. The number of nitrogens with one attached hydrogen (secondary N) is 1. The van der Waals surface area contributed by atoms with Gasteiger partial charge in [-0.3, -0.25) is 0 Å². The number of fused-ring (bicyclic) bond motifs is 2. The molecule has 1 aromatic carbocycles. The molecule has 0 fully saturated rings. The van der Waals surface area contributed by atoms with E-state index in [1.165, 1.54) is 0 Å². The maximum atomic E-state index is 9.94. The molecule has 3 heterocycles. The van der Waals surface area contributed by atoms with Crippen molar-refractivity contribution in [3.63, 3.8) is 0 Å². The first-order valence-electron chi connectivity index (χ1n) is 10.2. The van der Waals surface area contributed by atoms with Crippen molar-refractivity contribution in [2.24, 2.45) is 0 Å². The van der Waals surface area contributed by atoms with Crippen LogP contribution < -0.4 is 10.1 Å². The number of aromatic nitrogens is 3. The fraction of sp³-hybridized carbons (Fsp3) is 0.250. The van der Waals surface area contributed by atoms with Gasteiger partial charge in [0.05, 0.1) is 12.1 Å². The zero-order valence-corrected chi connectivity index (χ0v) is 17.1. The Labute approximate surface area is 175 Å². The second kappa shape index (κ2) is 8.75. The Balaban J connectivity index is 2.03. The third-order valence-corrected chi connectivity index (χ3v) is 4.94. The molecule has 0 saturated heterocycles. The van der Waals surface area contributed by atoms with E-state index in [2.05, 4.69) is 28.3 Å². The number of nitrogens with zero attached hydrogens (tertiary/aromatic N) is 4. The molecule has 4 rings (SSSR count). The molecule has 0 spiro atoms. The predicted molar refractivity (Wildman–Crippen MR) is 120 cm³/mol. The van der Waals surface area contributed by atoms with Crippen molar-refractivity contribution in [1.29, 1.82) is 5.26 Å². The Bertz CT molecular complexity index is 1230. The highest BCUT2D eigenvalue weighted by atomic mass is 16.5. The molecule has 0 aliphatic carbocycles. The van der Waals surface area contributed by atoms with Crippen LogP contribution in [-0.2, 0) is 0 Å². The van der Waals surface area contributed by atoms with E-state index in [0.717, 1.165) is 52.6 Å². The van der Waals surface area contributed by atoms with Crippen LogP contribution in [0.1, 0.15) is 32.3 Å². The average molecular weight is 397 g/mol. The summed E-state index contributed by atoms with van der Waals surface area (Å²) >= 11 is 0. The highest BCUT2D eigenvalue weighted by Gasteiger charge is 2.19. The Morgan fingerprint density at radius 2 is 1.90 bits per heavy atom. The minimum absolute atomic E-state index is 0.313. The van der Waals surface area contributed by atoms with Gasteiger partial charge in [-0.1, -0.05) is 43.7 Å². The molecule has 0 bridgehead atoms. The third kappa shape index (κ3) is 3.62. The van der Waals surface area contributed by atoms with Crippen molar-refractivity contribution in [2.45, 2.75) is 26.7 Å². The lowest BCUT2D eigenvalue weighted by Gasteiger charge is -2.14. The summed E-state index contributed by atoms with van der Waals surface area (Å²) in [5.41, 5.74) is 3.48. The van der Waals surface area contributed by atoms with Gasteiger partial charge in [-0.15, -0.1) is 0 Å². The van der Waals surface area contributed by atoms with Crippen LogP contribution in [0.5, 0.6) is 5.88 Å². The number of hydrogen-bond acceptors (Lipinski definition) is 6. The van der Waals surface area contributed by atoms with Crippen molar-refractivity contribution in [1.82, 2.24) is 15.0 Å². The van der Waals surface area contributed by atoms with Crippen molar-refractivity contribution < 1.29 is 4.74 Å². The summed E-state index contributed by atoms with van der Waals surface area (Å²) < 4.78 is 5.70. The van der Waals surface area contributed by atoms with Crippen LogP contribution in [0.25, 0.3) is 33.1 Å². The zero-order chi connectivity index (χ0) is 20.9. The van der Waals surface area contributed by atoms with Crippen LogP contribution in [0.2, 0.25) is 0 Å². The minimum atomic E-state index is 0.313. The SMILES string of the molecule is CCCCNc1nccc2nc3nc(OCC)c(C#N)c(-c4ccccc4)c3cc12. The van der Waals surface area contributed by atoms with Gasteiger partial charge in [0.2, 0.25) is 5.88 Å². The van der Waals surface area contributed by atoms with Gasteiger partial charge in [0.15, 0.2) is 5.65 Å². The van der Waals surface area contributed by atoms with Crippen LogP contribution in [-0.4, -0.2) is 28.1 Å². The lowest BCUT2D eigenvalue weighted by molar-refractivity contribution is 0.327. The lowest BCUT2D eigenvalue weighted by atomic mass is 9.97.